The molecule has 0 spiro atoms. The van der Waals surface area contributed by atoms with Gasteiger partial charge in [-0.2, -0.15) is 0 Å². The Kier molecular flexibility index (Phi) is 7.15. The lowest BCUT2D eigenvalue weighted by molar-refractivity contribution is 0.0951. The molecular weight excluding hydrogens is 377 g/mol. The number of H-pyrrole nitrogens is 1. The predicted octanol–water partition coefficient (Wildman–Crippen LogP) is 2.60. The topological polar surface area (TPSA) is 94.2 Å². The quantitative estimate of drug-likeness (QED) is 0.340. The van der Waals surface area contributed by atoms with Crippen LogP contribution >= 0.6 is 0 Å². The maximum atomic E-state index is 14.5. The zero-order valence-corrected chi connectivity index (χ0v) is 17.1. The van der Waals surface area contributed by atoms with Gasteiger partial charge in [0.25, 0.3) is 5.91 Å². The standard InChI is InChI=1S/C20H24FN3O3Si/c1-28(2,3)10-7-14-5-6-17(16(21)11-14)24-18-12-19(26)23-13-15(18)20(27)22-8-4-9-25/h5-6,11-13,25H,4,8-9H2,1-3H3,(H,22,27)(H2,23,24,26). The van der Waals surface area contributed by atoms with Gasteiger partial charge in [0.05, 0.1) is 16.9 Å². The summed E-state index contributed by atoms with van der Waals surface area (Å²) in [5.41, 5.74) is 3.80. The van der Waals surface area contributed by atoms with Crippen molar-refractivity contribution in [3.05, 3.63) is 57.8 Å². The molecule has 8 heteroatoms. The molecule has 0 fully saturated rings. The van der Waals surface area contributed by atoms with Crippen LogP contribution in [-0.4, -0.2) is 37.2 Å². The number of aromatic nitrogens is 1. The molecule has 0 saturated carbocycles. The van der Waals surface area contributed by atoms with Crippen molar-refractivity contribution in [1.82, 2.24) is 10.3 Å². The molecule has 0 saturated heterocycles. The molecule has 0 aliphatic carbocycles. The number of hydrogen-bond donors (Lipinski definition) is 4. The summed E-state index contributed by atoms with van der Waals surface area (Å²) < 4.78 is 14.5. The highest BCUT2D eigenvalue weighted by Crippen LogP contribution is 2.22. The van der Waals surface area contributed by atoms with E-state index in [1.165, 1.54) is 24.4 Å². The summed E-state index contributed by atoms with van der Waals surface area (Å²) in [4.78, 5) is 26.4. The van der Waals surface area contributed by atoms with Crippen LogP contribution in [-0.2, 0) is 0 Å². The Morgan fingerprint density at radius 1 is 1.25 bits per heavy atom. The third-order valence-electron chi connectivity index (χ3n) is 3.61. The Bertz CT molecular complexity index is 971. The van der Waals surface area contributed by atoms with Gasteiger partial charge in [-0.05, 0) is 24.6 Å². The van der Waals surface area contributed by atoms with Crippen LogP contribution in [0.2, 0.25) is 19.6 Å². The first-order chi connectivity index (χ1) is 13.2. The molecule has 0 unspecified atom stereocenters. The second-order valence-corrected chi connectivity index (χ2v) is 12.0. The van der Waals surface area contributed by atoms with Crippen molar-refractivity contribution in [2.75, 3.05) is 18.5 Å². The number of amides is 1. The monoisotopic (exact) mass is 401 g/mol. The maximum absolute atomic E-state index is 14.5. The number of carbonyl (C=O) groups excluding carboxylic acids is 1. The molecule has 4 N–H and O–H groups in total. The minimum Gasteiger partial charge on any atom is -0.396 e. The van der Waals surface area contributed by atoms with Crippen LogP contribution in [0.5, 0.6) is 0 Å². The molecule has 0 radical (unpaired) electrons. The Morgan fingerprint density at radius 2 is 2.00 bits per heavy atom. The van der Waals surface area contributed by atoms with Gasteiger partial charge < -0.3 is 20.7 Å². The first-order valence-electron chi connectivity index (χ1n) is 8.91. The molecule has 1 amide bonds. The van der Waals surface area contributed by atoms with E-state index >= 15 is 0 Å². The zero-order valence-electron chi connectivity index (χ0n) is 16.1. The smallest absolute Gasteiger partial charge is 0.254 e. The number of benzene rings is 1. The summed E-state index contributed by atoms with van der Waals surface area (Å²) in [6.45, 7) is 6.55. The summed E-state index contributed by atoms with van der Waals surface area (Å²) in [5, 5.41) is 14.2. The number of halogens is 1. The Balaban J connectivity index is 2.27. The molecule has 1 aromatic carbocycles. The minimum absolute atomic E-state index is 0.0465. The maximum Gasteiger partial charge on any atom is 0.254 e. The van der Waals surface area contributed by atoms with Crippen LogP contribution in [0.1, 0.15) is 22.3 Å². The Morgan fingerprint density at radius 3 is 2.64 bits per heavy atom. The Labute approximate surface area is 164 Å². The highest BCUT2D eigenvalue weighted by Gasteiger charge is 2.14. The number of nitrogens with one attached hydrogen (secondary N) is 3. The number of carbonyl (C=O) groups is 1. The number of aliphatic hydroxyl groups is 1. The molecule has 148 valence electrons. The van der Waals surface area contributed by atoms with Gasteiger partial charge in [-0.15, -0.1) is 5.54 Å². The molecular formula is C20H24FN3O3Si. The summed E-state index contributed by atoms with van der Waals surface area (Å²) >= 11 is 0. The molecule has 0 bridgehead atoms. The highest BCUT2D eigenvalue weighted by atomic mass is 28.3. The average molecular weight is 402 g/mol. The van der Waals surface area contributed by atoms with Crippen LogP contribution < -0.4 is 16.2 Å². The van der Waals surface area contributed by atoms with E-state index in [2.05, 4.69) is 46.7 Å². The number of aliphatic hydroxyl groups excluding tert-OH is 1. The van der Waals surface area contributed by atoms with E-state index in [0.717, 1.165) is 0 Å². The first kappa shape index (κ1) is 21.4. The van der Waals surface area contributed by atoms with Gasteiger partial charge in [-0.1, -0.05) is 25.6 Å². The fraction of sp³-hybridized carbons (Fsp3) is 0.300. The molecule has 2 aromatic rings. The Hall–Kier alpha value is -2.89. The minimum atomic E-state index is -1.57. The van der Waals surface area contributed by atoms with E-state index in [-0.39, 0.29) is 30.1 Å². The second kappa shape index (κ2) is 9.35. The van der Waals surface area contributed by atoms with Gasteiger partial charge in [0, 0.05) is 31.0 Å². The molecule has 0 aliphatic heterocycles. The summed E-state index contributed by atoms with van der Waals surface area (Å²) in [5.74, 6) is 2.02. The van der Waals surface area contributed by atoms with Gasteiger partial charge in [0.15, 0.2) is 0 Å². The normalized spacial score (nSPS) is 10.8. The third-order valence-corrected chi connectivity index (χ3v) is 4.48. The van der Waals surface area contributed by atoms with E-state index in [9.17, 15) is 14.0 Å². The van der Waals surface area contributed by atoms with Crippen LogP contribution in [0, 0.1) is 17.3 Å². The van der Waals surface area contributed by atoms with Gasteiger partial charge in [0.1, 0.15) is 13.9 Å². The average Bonchev–Trinajstić information content (AvgIpc) is 2.61. The van der Waals surface area contributed by atoms with Crippen molar-refractivity contribution in [2.45, 2.75) is 26.1 Å². The van der Waals surface area contributed by atoms with Gasteiger partial charge in [-0.25, -0.2) is 4.39 Å². The van der Waals surface area contributed by atoms with Crippen LogP contribution in [0.4, 0.5) is 15.8 Å². The fourth-order valence-electron chi connectivity index (χ4n) is 2.24. The highest BCUT2D eigenvalue weighted by molar-refractivity contribution is 6.83. The zero-order chi connectivity index (χ0) is 20.7. The first-order valence-corrected chi connectivity index (χ1v) is 12.4. The van der Waals surface area contributed by atoms with Gasteiger partial charge >= 0.3 is 0 Å². The van der Waals surface area contributed by atoms with Crippen molar-refractivity contribution < 1.29 is 14.3 Å². The SMILES string of the molecule is C[Si](C)(C)C#Cc1ccc(Nc2cc(=O)[nH]cc2C(=O)NCCCO)c(F)c1. The van der Waals surface area contributed by atoms with Crippen molar-refractivity contribution >= 4 is 25.4 Å². The number of rotatable bonds is 6. The molecule has 28 heavy (non-hydrogen) atoms. The van der Waals surface area contributed by atoms with Crippen LogP contribution in [0.25, 0.3) is 0 Å². The van der Waals surface area contributed by atoms with E-state index in [0.29, 0.717) is 12.0 Å². The largest absolute Gasteiger partial charge is 0.396 e. The van der Waals surface area contributed by atoms with Crippen LogP contribution in [0.15, 0.2) is 35.3 Å². The van der Waals surface area contributed by atoms with Gasteiger partial charge in [0.2, 0.25) is 5.56 Å². The fourth-order valence-corrected chi connectivity index (χ4v) is 2.76. The predicted molar refractivity (Wildman–Crippen MR) is 111 cm³/mol. The number of anilines is 2. The number of hydrogen-bond acceptors (Lipinski definition) is 4. The second-order valence-electron chi connectivity index (χ2n) is 7.28. The summed E-state index contributed by atoms with van der Waals surface area (Å²) in [6.07, 6.45) is 1.68. The van der Waals surface area contributed by atoms with Gasteiger partial charge in [-0.3, -0.25) is 9.59 Å². The number of aromatic amines is 1. The lowest BCUT2D eigenvalue weighted by Crippen LogP contribution is -2.26. The number of pyridine rings is 1. The molecule has 2 rings (SSSR count). The summed E-state index contributed by atoms with van der Waals surface area (Å²) in [7, 11) is -1.57. The lowest BCUT2D eigenvalue weighted by atomic mass is 10.1. The lowest BCUT2D eigenvalue weighted by Gasteiger charge is -2.12. The van der Waals surface area contributed by atoms with Crippen LogP contribution in [0.3, 0.4) is 0 Å². The van der Waals surface area contributed by atoms with Crippen molar-refractivity contribution in [2.24, 2.45) is 0 Å². The summed E-state index contributed by atoms with van der Waals surface area (Å²) in [6, 6.07) is 5.73. The van der Waals surface area contributed by atoms with E-state index in [1.54, 1.807) is 6.07 Å². The van der Waals surface area contributed by atoms with E-state index in [4.69, 9.17) is 5.11 Å². The molecule has 1 aromatic heterocycles. The van der Waals surface area contributed by atoms with Crippen molar-refractivity contribution in [3.63, 3.8) is 0 Å². The van der Waals surface area contributed by atoms with Crippen molar-refractivity contribution in [3.8, 4) is 11.5 Å². The molecule has 1 heterocycles. The van der Waals surface area contributed by atoms with E-state index < -0.39 is 25.4 Å². The molecule has 0 aliphatic rings. The molecule has 6 nitrogen and oxygen atoms in total. The van der Waals surface area contributed by atoms with E-state index in [1.807, 2.05) is 0 Å². The molecule has 0 atom stereocenters. The van der Waals surface area contributed by atoms with Crippen molar-refractivity contribution in [1.29, 1.82) is 0 Å². The third kappa shape index (κ3) is 6.37.